The van der Waals surface area contributed by atoms with Gasteiger partial charge in [0, 0.05) is 25.7 Å². The Morgan fingerprint density at radius 3 is 3.06 bits per heavy atom. The van der Waals surface area contributed by atoms with Crippen LogP contribution >= 0.6 is 0 Å². The highest BCUT2D eigenvalue weighted by Gasteiger charge is 2.37. The average molecular weight is 256 g/mol. The van der Waals surface area contributed by atoms with Gasteiger partial charge in [-0.05, 0) is 26.8 Å². The fourth-order valence-corrected chi connectivity index (χ4v) is 2.83. The molecule has 2 aliphatic heterocycles. The number of rotatable bonds is 4. The standard InChI is InChI=1S/C13H24N2O3/c1-3-18-10-5-4-6-15(7-10)13(16)11-8-17-9-12(11)14-2/h10-12,14H,3-9H2,1-2H3. The summed E-state index contributed by atoms with van der Waals surface area (Å²) in [5.41, 5.74) is 0. The Balaban J connectivity index is 1.91. The van der Waals surface area contributed by atoms with Crippen molar-refractivity contribution >= 4 is 5.91 Å². The number of hydrogen-bond acceptors (Lipinski definition) is 4. The number of nitrogens with one attached hydrogen (secondary N) is 1. The summed E-state index contributed by atoms with van der Waals surface area (Å²) >= 11 is 0. The summed E-state index contributed by atoms with van der Waals surface area (Å²) in [6.07, 6.45) is 2.31. The van der Waals surface area contributed by atoms with Gasteiger partial charge in [-0.1, -0.05) is 0 Å². The number of amides is 1. The molecule has 3 unspecified atom stereocenters. The second-order valence-electron chi connectivity index (χ2n) is 5.04. The molecule has 0 aromatic rings. The maximum absolute atomic E-state index is 12.5. The van der Waals surface area contributed by atoms with Gasteiger partial charge in [-0.25, -0.2) is 0 Å². The molecule has 2 rings (SSSR count). The Kier molecular flexibility index (Phi) is 4.97. The molecule has 2 saturated heterocycles. The van der Waals surface area contributed by atoms with E-state index in [9.17, 15) is 4.79 Å². The summed E-state index contributed by atoms with van der Waals surface area (Å²) in [6, 6.07) is 0.157. The molecular weight excluding hydrogens is 232 g/mol. The van der Waals surface area contributed by atoms with E-state index in [1.165, 1.54) is 0 Å². The van der Waals surface area contributed by atoms with Crippen LogP contribution in [0.5, 0.6) is 0 Å². The van der Waals surface area contributed by atoms with Crippen molar-refractivity contribution in [1.29, 1.82) is 0 Å². The van der Waals surface area contributed by atoms with Crippen molar-refractivity contribution in [2.45, 2.75) is 31.9 Å². The molecular formula is C13H24N2O3. The van der Waals surface area contributed by atoms with E-state index in [-0.39, 0.29) is 24.0 Å². The van der Waals surface area contributed by atoms with Crippen molar-refractivity contribution in [2.24, 2.45) is 5.92 Å². The van der Waals surface area contributed by atoms with Crippen LogP contribution in [0.3, 0.4) is 0 Å². The molecule has 0 aromatic heterocycles. The highest BCUT2D eigenvalue weighted by Crippen LogP contribution is 2.20. The van der Waals surface area contributed by atoms with Crippen LogP contribution in [0.25, 0.3) is 0 Å². The van der Waals surface area contributed by atoms with Gasteiger partial charge in [0.15, 0.2) is 0 Å². The minimum absolute atomic E-state index is 0.0321. The highest BCUT2D eigenvalue weighted by molar-refractivity contribution is 5.80. The van der Waals surface area contributed by atoms with Crippen molar-refractivity contribution in [1.82, 2.24) is 10.2 Å². The third-order valence-corrected chi connectivity index (χ3v) is 3.86. The molecule has 2 heterocycles. The summed E-state index contributed by atoms with van der Waals surface area (Å²) < 4.78 is 11.0. The number of nitrogens with zero attached hydrogens (tertiary/aromatic N) is 1. The third kappa shape index (κ3) is 3.02. The lowest BCUT2D eigenvalue weighted by Crippen LogP contribution is -2.49. The fourth-order valence-electron chi connectivity index (χ4n) is 2.83. The van der Waals surface area contributed by atoms with E-state index in [0.29, 0.717) is 13.2 Å². The van der Waals surface area contributed by atoms with Crippen LogP contribution in [0.1, 0.15) is 19.8 Å². The smallest absolute Gasteiger partial charge is 0.229 e. The number of ether oxygens (including phenoxy) is 2. The Morgan fingerprint density at radius 2 is 2.33 bits per heavy atom. The third-order valence-electron chi connectivity index (χ3n) is 3.86. The van der Waals surface area contributed by atoms with Gasteiger partial charge >= 0.3 is 0 Å². The predicted octanol–water partition coefficient (Wildman–Crippen LogP) is 0.248. The molecule has 1 N–H and O–H groups in total. The molecule has 1 amide bonds. The van der Waals surface area contributed by atoms with Crippen LogP contribution in [0, 0.1) is 5.92 Å². The van der Waals surface area contributed by atoms with Crippen molar-refractivity contribution in [2.75, 3.05) is 40.0 Å². The van der Waals surface area contributed by atoms with E-state index in [4.69, 9.17) is 9.47 Å². The summed E-state index contributed by atoms with van der Waals surface area (Å²) in [5, 5.41) is 3.17. The number of likely N-dealkylation sites (N-methyl/N-ethyl adjacent to an activating group) is 1. The van der Waals surface area contributed by atoms with E-state index < -0.39 is 0 Å². The fraction of sp³-hybridized carbons (Fsp3) is 0.923. The van der Waals surface area contributed by atoms with Crippen LogP contribution in [0.15, 0.2) is 0 Å². The SMILES string of the molecule is CCOC1CCCN(C(=O)C2COCC2NC)C1. The lowest BCUT2D eigenvalue weighted by molar-refractivity contribution is -0.140. The lowest BCUT2D eigenvalue weighted by Gasteiger charge is -2.34. The largest absolute Gasteiger partial charge is 0.379 e. The first-order valence-corrected chi connectivity index (χ1v) is 6.91. The normalized spacial score (nSPS) is 32.8. The summed E-state index contributed by atoms with van der Waals surface area (Å²) in [7, 11) is 1.89. The Labute approximate surface area is 109 Å². The van der Waals surface area contributed by atoms with Gasteiger partial charge in [0.2, 0.25) is 5.91 Å². The average Bonchev–Trinajstić information content (AvgIpc) is 2.87. The van der Waals surface area contributed by atoms with Crippen molar-refractivity contribution in [3.63, 3.8) is 0 Å². The van der Waals surface area contributed by atoms with E-state index >= 15 is 0 Å². The predicted molar refractivity (Wildman–Crippen MR) is 68.4 cm³/mol. The van der Waals surface area contributed by atoms with Crippen molar-refractivity contribution in [3.8, 4) is 0 Å². The first-order chi connectivity index (χ1) is 8.76. The molecule has 0 saturated carbocycles. The lowest BCUT2D eigenvalue weighted by atomic mass is 9.99. The summed E-state index contributed by atoms with van der Waals surface area (Å²) in [4.78, 5) is 14.4. The molecule has 5 heteroatoms. The summed E-state index contributed by atoms with van der Waals surface area (Å²) in [6.45, 7) is 5.49. The van der Waals surface area contributed by atoms with E-state index in [1.807, 2.05) is 18.9 Å². The van der Waals surface area contributed by atoms with Gasteiger partial charge in [-0.2, -0.15) is 0 Å². The Bertz CT molecular complexity index is 283. The zero-order valence-corrected chi connectivity index (χ0v) is 11.4. The maximum atomic E-state index is 12.5. The van der Waals surface area contributed by atoms with Crippen LogP contribution in [-0.2, 0) is 14.3 Å². The molecule has 0 bridgehead atoms. The second kappa shape index (κ2) is 6.50. The summed E-state index contributed by atoms with van der Waals surface area (Å²) in [5.74, 6) is 0.187. The number of carbonyl (C=O) groups excluding carboxylic acids is 1. The number of piperidine rings is 1. The number of likely N-dealkylation sites (tertiary alicyclic amines) is 1. The van der Waals surface area contributed by atoms with Crippen LogP contribution in [0.2, 0.25) is 0 Å². The molecule has 0 aromatic carbocycles. The van der Waals surface area contributed by atoms with Crippen LogP contribution in [-0.4, -0.2) is 62.9 Å². The molecule has 0 spiro atoms. The first-order valence-electron chi connectivity index (χ1n) is 6.91. The van der Waals surface area contributed by atoms with Gasteiger partial charge in [0.05, 0.1) is 25.2 Å². The molecule has 104 valence electrons. The van der Waals surface area contributed by atoms with Gasteiger partial charge in [0.25, 0.3) is 0 Å². The van der Waals surface area contributed by atoms with Crippen LogP contribution < -0.4 is 5.32 Å². The molecule has 0 radical (unpaired) electrons. The molecule has 18 heavy (non-hydrogen) atoms. The minimum Gasteiger partial charge on any atom is -0.379 e. The van der Waals surface area contributed by atoms with Gasteiger partial charge in [-0.15, -0.1) is 0 Å². The first kappa shape index (κ1) is 13.8. The maximum Gasteiger partial charge on any atom is 0.229 e. The number of carbonyl (C=O) groups is 1. The second-order valence-corrected chi connectivity index (χ2v) is 5.04. The molecule has 2 fully saturated rings. The van der Waals surface area contributed by atoms with Crippen molar-refractivity contribution < 1.29 is 14.3 Å². The van der Waals surface area contributed by atoms with Crippen molar-refractivity contribution in [3.05, 3.63) is 0 Å². The Hall–Kier alpha value is -0.650. The monoisotopic (exact) mass is 256 g/mol. The van der Waals surface area contributed by atoms with Crippen LogP contribution in [0.4, 0.5) is 0 Å². The molecule has 3 atom stereocenters. The molecule has 5 nitrogen and oxygen atoms in total. The topological polar surface area (TPSA) is 50.8 Å². The number of hydrogen-bond donors (Lipinski definition) is 1. The van der Waals surface area contributed by atoms with E-state index in [2.05, 4.69) is 5.32 Å². The van der Waals surface area contributed by atoms with Gasteiger partial charge in [-0.3, -0.25) is 4.79 Å². The Morgan fingerprint density at radius 1 is 1.50 bits per heavy atom. The van der Waals surface area contributed by atoms with Gasteiger partial charge in [0.1, 0.15) is 0 Å². The highest BCUT2D eigenvalue weighted by atomic mass is 16.5. The zero-order chi connectivity index (χ0) is 13.0. The van der Waals surface area contributed by atoms with Gasteiger partial charge < -0.3 is 19.7 Å². The minimum atomic E-state index is -0.0321. The molecule has 0 aliphatic carbocycles. The van der Waals surface area contributed by atoms with E-state index in [0.717, 1.165) is 32.5 Å². The van der Waals surface area contributed by atoms with E-state index in [1.54, 1.807) is 0 Å². The zero-order valence-electron chi connectivity index (χ0n) is 11.4. The molecule has 2 aliphatic rings. The quantitative estimate of drug-likeness (QED) is 0.783.